The highest BCUT2D eigenvalue weighted by atomic mass is 35.5. The molecule has 0 fully saturated rings. The number of rotatable bonds is 2. The summed E-state index contributed by atoms with van der Waals surface area (Å²) in [5, 5.41) is 2.81. The van der Waals surface area contributed by atoms with Crippen LogP contribution < -0.4 is 11.1 Å². The van der Waals surface area contributed by atoms with Crippen molar-refractivity contribution in [2.45, 2.75) is 6.92 Å². The minimum atomic E-state index is -0.582. The molecule has 18 heavy (non-hydrogen) atoms. The molecule has 0 aliphatic heterocycles. The highest BCUT2D eigenvalue weighted by Crippen LogP contribution is 2.29. The van der Waals surface area contributed by atoms with E-state index in [9.17, 15) is 8.78 Å². The topological polar surface area (TPSA) is 38.0 Å². The van der Waals surface area contributed by atoms with Crippen LogP contribution in [0.5, 0.6) is 0 Å². The minimum Gasteiger partial charge on any atom is -0.397 e. The number of hydrogen-bond acceptors (Lipinski definition) is 2. The second kappa shape index (κ2) is 4.82. The summed E-state index contributed by atoms with van der Waals surface area (Å²) >= 11 is 5.60. The SMILES string of the molecule is Cc1cc(F)cc(Nc2cc(F)c(Cl)cc2N)c1. The summed E-state index contributed by atoms with van der Waals surface area (Å²) in [6.45, 7) is 1.76. The van der Waals surface area contributed by atoms with Gasteiger partial charge in [-0.05, 0) is 36.8 Å². The van der Waals surface area contributed by atoms with Crippen molar-refractivity contribution in [2.75, 3.05) is 11.1 Å². The van der Waals surface area contributed by atoms with E-state index in [2.05, 4.69) is 5.32 Å². The summed E-state index contributed by atoms with van der Waals surface area (Å²) in [7, 11) is 0. The molecule has 0 radical (unpaired) electrons. The number of nitrogens with one attached hydrogen (secondary N) is 1. The Morgan fingerprint density at radius 1 is 1.11 bits per heavy atom. The number of nitrogen functional groups attached to an aromatic ring is 1. The molecule has 0 aromatic heterocycles. The van der Waals surface area contributed by atoms with Gasteiger partial charge in [0.2, 0.25) is 0 Å². The van der Waals surface area contributed by atoms with Gasteiger partial charge in [-0.3, -0.25) is 0 Å². The normalized spacial score (nSPS) is 10.4. The summed E-state index contributed by atoms with van der Waals surface area (Å²) in [5.74, 6) is -0.952. The second-order valence-corrected chi connectivity index (χ2v) is 4.40. The van der Waals surface area contributed by atoms with Crippen molar-refractivity contribution in [1.29, 1.82) is 0 Å². The fourth-order valence-corrected chi connectivity index (χ4v) is 1.81. The lowest BCUT2D eigenvalue weighted by Gasteiger charge is -2.11. The first-order chi connectivity index (χ1) is 8.45. The van der Waals surface area contributed by atoms with Gasteiger partial charge in [-0.15, -0.1) is 0 Å². The van der Waals surface area contributed by atoms with Crippen molar-refractivity contribution in [1.82, 2.24) is 0 Å². The van der Waals surface area contributed by atoms with Gasteiger partial charge < -0.3 is 11.1 Å². The van der Waals surface area contributed by atoms with E-state index in [0.717, 1.165) is 5.56 Å². The van der Waals surface area contributed by atoms with Crippen molar-refractivity contribution >= 4 is 28.7 Å². The van der Waals surface area contributed by atoms with E-state index in [-0.39, 0.29) is 10.8 Å². The van der Waals surface area contributed by atoms with Gasteiger partial charge in [0.15, 0.2) is 0 Å². The lowest BCUT2D eigenvalue weighted by molar-refractivity contribution is 0.627. The third kappa shape index (κ3) is 2.71. The average Bonchev–Trinajstić information content (AvgIpc) is 2.24. The lowest BCUT2D eigenvalue weighted by Crippen LogP contribution is -1.98. The molecular weight excluding hydrogens is 258 g/mol. The Bertz CT molecular complexity index is 580. The molecule has 2 aromatic rings. The molecule has 5 heteroatoms. The zero-order chi connectivity index (χ0) is 13.3. The first-order valence-electron chi connectivity index (χ1n) is 5.24. The predicted octanol–water partition coefficient (Wildman–Crippen LogP) is 4.25. The van der Waals surface area contributed by atoms with Crippen LogP contribution in [0.4, 0.5) is 25.8 Å². The van der Waals surface area contributed by atoms with Crippen LogP contribution >= 0.6 is 11.6 Å². The largest absolute Gasteiger partial charge is 0.397 e. The van der Waals surface area contributed by atoms with E-state index in [1.165, 1.54) is 24.3 Å². The van der Waals surface area contributed by atoms with E-state index >= 15 is 0 Å². The summed E-state index contributed by atoms with van der Waals surface area (Å²) in [5.41, 5.74) is 7.61. The molecule has 2 aromatic carbocycles. The zero-order valence-corrected chi connectivity index (χ0v) is 10.4. The maximum atomic E-state index is 13.3. The molecule has 0 heterocycles. The Labute approximate surface area is 108 Å². The monoisotopic (exact) mass is 268 g/mol. The van der Waals surface area contributed by atoms with E-state index in [1.807, 2.05) is 0 Å². The van der Waals surface area contributed by atoms with Crippen molar-refractivity contribution in [3.05, 3.63) is 52.6 Å². The van der Waals surface area contributed by atoms with Gasteiger partial charge in [-0.25, -0.2) is 8.78 Å². The van der Waals surface area contributed by atoms with Crippen molar-refractivity contribution in [3.63, 3.8) is 0 Å². The molecule has 0 atom stereocenters. The average molecular weight is 269 g/mol. The Morgan fingerprint density at radius 3 is 2.50 bits per heavy atom. The Kier molecular flexibility index (Phi) is 3.39. The molecule has 0 aliphatic carbocycles. The fourth-order valence-electron chi connectivity index (χ4n) is 1.63. The van der Waals surface area contributed by atoms with Crippen LogP contribution in [-0.2, 0) is 0 Å². The second-order valence-electron chi connectivity index (χ2n) is 4.00. The molecule has 0 unspecified atom stereocenters. The third-order valence-electron chi connectivity index (χ3n) is 2.41. The summed E-state index contributed by atoms with van der Waals surface area (Å²) in [6, 6.07) is 6.92. The molecule has 0 saturated heterocycles. The van der Waals surface area contributed by atoms with Crippen molar-refractivity contribution < 1.29 is 8.78 Å². The molecule has 0 saturated carbocycles. The van der Waals surface area contributed by atoms with Crippen LogP contribution in [0, 0.1) is 18.6 Å². The van der Waals surface area contributed by atoms with E-state index in [4.69, 9.17) is 17.3 Å². The highest BCUT2D eigenvalue weighted by Gasteiger charge is 2.07. The quantitative estimate of drug-likeness (QED) is 0.799. The number of benzene rings is 2. The fraction of sp³-hybridized carbons (Fsp3) is 0.0769. The molecular formula is C13H11ClF2N2. The van der Waals surface area contributed by atoms with Gasteiger partial charge in [0.05, 0.1) is 16.4 Å². The summed E-state index contributed by atoms with van der Waals surface area (Å²) in [4.78, 5) is 0. The smallest absolute Gasteiger partial charge is 0.144 e. The number of aryl methyl sites for hydroxylation is 1. The van der Waals surface area contributed by atoms with Crippen LogP contribution in [0.1, 0.15) is 5.56 Å². The first kappa shape index (κ1) is 12.6. The Balaban J connectivity index is 2.36. The molecule has 0 spiro atoms. The molecule has 0 amide bonds. The maximum Gasteiger partial charge on any atom is 0.144 e. The van der Waals surface area contributed by atoms with E-state index in [0.29, 0.717) is 17.1 Å². The highest BCUT2D eigenvalue weighted by molar-refractivity contribution is 6.31. The van der Waals surface area contributed by atoms with Gasteiger partial charge >= 0.3 is 0 Å². The van der Waals surface area contributed by atoms with Crippen molar-refractivity contribution in [3.8, 4) is 0 Å². The van der Waals surface area contributed by atoms with Gasteiger partial charge in [-0.1, -0.05) is 11.6 Å². The number of anilines is 3. The van der Waals surface area contributed by atoms with Crippen LogP contribution in [0.25, 0.3) is 0 Å². The maximum absolute atomic E-state index is 13.3. The first-order valence-corrected chi connectivity index (χ1v) is 5.62. The summed E-state index contributed by atoms with van der Waals surface area (Å²) in [6.07, 6.45) is 0. The van der Waals surface area contributed by atoms with Gasteiger partial charge in [0, 0.05) is 11.8 Å². The molecule has 2 nitrogen and oxygen atoms in total. The number of halogens is 3. The standard InChI is InChI=1S/C13H11ClF2N2/c1-7-2-8(15)4-9(3-7)18-13-6-11(16)10(14)5-12(13)17/h2-6,18H,17H2,1H3. The van der Waals surface area contributed by atoms with E-state index < -0.39 is 5.82 Å². The zero-order valence-electron chi connectivity index (χ0n) is 9.60. The van der Waals surface area contributed by atoms with Gasteiger partial charge in [0.1, 0.15) is 11.6 Å². The Hall–Kier alpha value is -1.81. The van der Waals surface area contributed by atoms with Crippen LogP contribution in [0.2, 0.25) is 5.02 Å². The van der Waals surface area contributed by atoms with Crippen LogP contribution in [0.15, 0.2) is 30.3 Å². The number of nitrogens with two attached hydrogens (primary N) is 1. The Morgan fingerprint density at radius 2 is 1.83 bits per heavy atom. The lowest BCUT2D eigenvalue weighted by atomic mass is 10.2. The molecule has 94 valence electrons. The molecule has 2 rings (SSSR count). The van der Waals surface area contributed by atoms with E-state index in [1.54, 1.807) is 13.0 Å². The molecule has 0 bridgehead atoms. The third-order valence-corrected chi connectivity index (χ3v) is 2.70. The van der Waals surface area contributed by atoms with Crippen LogP contribution in [0.3, 0.4) is 0 Å². The van der Waals surface area contributed by atoms with Crippen molar-refractivity contribution in [2.24, 2.45) is 0 Å². The van der Waals surface area contributed by atoms with Crippen LogP contribution in [-0.4, -0.2) is 0 Å². The minimum absolute atomic E-state index is 0.0477. The molecule has 0 aliphatic rings. The number of hydrogen-bond donors (Lipinski definition) is 2. The molecule has 3 N–H and O–H groups in total. The predicted molar refractivity (Wildman–Crippen MR) is 70.2 cm³/mol. The van der Waals surface area contributed by atoms with Gasteiger partial charge in [0.25, 0.3) is 0 Å². The summed E-state index contributed by atoms with van der Waals surface area (Å²) < 4.78 is 26.5. The van der Waals surface area contributed by atoms with Gasteiger partial charge in [-0.2, -0.15) is 0 Å².